The number of carbonyl (C=O) groups excluding carboxylic acids is 1. The van der Waals surface area contributed by atoms with Crippen LogP contribution in [0.25, 0.3) is 22.0 Å². The Morgan fingerprint density at radius 2 is 1.68 bits per heavy atom. The molecule has 6 rings (SSSR count). The standard InChI is InChI=1S/C31H35Cl2N3O/c1-19-27(32)15-23(16-28(19)33)22-8-11-29-25(14-22)30(26(17-34-29)31(37)21-6-7-21)35-24-9-4-20(5-10-24)18-36-12-2-3-13-36/h8,11,14-17,20-21,24H,2-7,9-10,12-13,18H2,1H3,(H,34,35)/t20-,24-. The second-order valence-electron chi connectivity index (χ2n) is 11.4. The summed E-state index contributed by atoms with van der Waals surface area (Å²) in [5.74, 6) is 1.17. The summed E-state index contributed by atoms with van der Waals surface area (Å²) < 4.78 is 0. The number of pyridine rings is 1. The molecule has 3 aliphatic rings. The van der Waals surface area contributed by atoms with Gasteiger partial charge in [0.2, 0.25) is 0 Å². The van der Waals surface area contributed by atoms with Crippen LogP contribution in [0.15, 0.2) is 36.5 Å². The van der Waals surface area contributed by atoms with Crippen LogP contribution in [0.5, 0.6) is 0 Å². The summed E-state index contributed by atoms with van der Waals surface area (Å²) >= 11 is 12.9. The number of Topliss-reactive ketones (excluding diaryl/α,β-unsaturated/α-hetero) is 1. The summed E-state index contributed by atoms with van der Waals surface area (Å²) in [6.45, 7) is 5.72. The van der Waals surface area contributed by atoms with Gasteiger partial charge in [0.15, 0.2) is 5.78 Å². The van der Waals surface area contributed by atoms with Gasteiger partial charge in [-0.25, -0.2) is 0 Å². The Labute approximate surface area is 229 Å². The van der Waals surface area contributed by atoms with Gasteiger partial charge >= 0.3 is 0 Å². The first kappa shape index (κ1) is 25.2. The summed E-state index contributed by atoms with van der Waals surface area (Å²) in [7, 11) is 0. The van der Waals surface area contributed by atoms with Gasteiger partial charge in [-0.05, 0) is 118 Å². The van der Waals surface area contributed by atoms with E-state index >= 15 is 0 Å². The molecule has 0 bridgehead atoms. The van der Waals surface area contributed by atoms with E-state index in [0.717, 1.165) is 70.4 Å². The first-order chi connectivity index (χ1) is 18.0. The number of fused-ring (bicyclic) bond motifs is 1. The van der Waals surface area contributed by atoms with Crippen LogP contribution < -0.4 is 5.32 Å². The fraction of sp³-hybridized carbons (Fsp3) is 0.484. The number of ketones is 1. The average molecular weight is 537 g/mol. The number of likely N-dealkylation sites (tertiary alicyclic amines) is 1. The maximum Gasteiger partial charge on any atom is 0.169 e. The average Bonchev–Trinajstić information content (AvgIpc) is 3.64. The lowest BCUT2D eigenvalue weighted by molar-refractivity contribution is 0.0968. The fourth-order valence-corrected chi connectivity index (χ4v) is 6.60. The van der Waals surface area contributed by atoms with Gasteiger partial charge in [0.25, 0.3) is 0 Å². The second-order valence-corrected chi connectivity index (χ2v) is 12.2. The van der Waals surface area contributed by atoms with Crippen molar-refractivity contribution in [1.29, 1.82) is 0 Å². The van der Waals surface area contributed by atoms with E-state index in [1.807, 2.05) is 25.1 Å². The van der Waals surface area contributed by atoms with Crippen LogP contribution in [-0.4, -0.2) is 41.3 Å². The van der Waals surface area contributed by atoms with Crippen molar-refractivity contribution in [3.8, 4) is 11.1 Å². The number of carbonyl (C=O) groups is 1. The van der Waals surface area contributed by atoms with Crippen molar-refractivity contribution in [3.63, 3.8) is 0 Å². The summed E-state index contributed by atoms with van der Waals surface area (Å²) in [6.07, 6.45) is 11.2. The molecule has 2 aliphatic carbocycles. The Morgan fingerprint density at radius 1 is 0.973 bits per heavy atom. The molecule has 0 atom stereocenters. The van der Waals surface area contributed by atoms with Gasteiger partial charge in [-0.1, -0.05) is 29.3 Å². The molecule has 4 nitrogen and oxygen atoms in total. The second kappa shape index (κ2) is 10.6. The van der Waals surface area contributed by atoms with Crippen LogP contribution in [0.1, 0.15) is 67.3 Å². The molecule has 2 aromatic carbocycles. The van der Waals surface area contributed by atoms with Gasteiger partial charge in [0.1, 0.15) is 0 Å². The molecule has 3 fully saturated rings. The monoisotopic (exact) mass is 535 g/mol. The van der Waals surface area contributed by atoms with Crippen LogP contribution >= 0.6 is 23.2 Å². The molecule has 0 amide bonds. The fourth-order valence-electron chi connectivity index (χ4n) is 6.12. The molecule has 2 saturated carbocycles. The highest BCUT2D eigenvalue weighted by Gasteiger charge is 2.33. The number of nitrogens with zero attached hydrogens (tertiary/aromatic N) is 2. The van der Waals surface area contributed by atoms with E-state index in [0.29, 0.717) is 16.1 Å². The van der Waals surface area contributed by atoms with E-state index in [1.165, 1.54) is 45.3 Å². The minimum absolute atomic E-state index is 0.147. The largest absolute Gasteiger partial charge is 0.381 e. The van der Waals surface area contributed by atoms with Crippen molar-refractivity contribution in [2.75, 3.05) is 25.0 Å². The summed E-state index contributed by atoms with van der Waals surface area (Å²) in [5, 5.41) is 6.16. The van der Waals surface area contributed by atoms with Crippen LogP contribution in [0.2, 0.25) is 10.0 Å². The maximum atomic E-state index is 13.3. The topological polar surface area (TPSA) is 45.2 Å². The van der Waals surface area contributed by atoms with E-state index in [4.69, 9.17) is 28.2 Å². The van der Waals surface area contributed by atoms with Crippen molar-refractivity contribution in [1.82, 2.24) is 9.88 Å². The lowest BCUT2D eigenvalue weighted by Gasteiger charge is -2.32. The van der Waals surface area contributed by atoms with E-state index in [9.17, 15) is 4.79 Å². The Bertz CT molecular complexity index is 1300. The van der Waals surface area contributed by atoms with E-state index in [-0.39, 0.29) is 11.7 Å². The van der Waals surface area contributed by atoms with Gasteiger partial charge in [-0.15, -0.1) is 0 Å². The highest BCUT2D eigenvalue weighted by Crippen LogP contribution is 2.40. The predicted octanol–water partition coefficient (Wildman–Crippen LogP) is 8.18. The number of halogens is 2. The smallest absolute Gasteiger partial charge is 0.169 e. The third-order valence-corrected chi connectivity index (χ3v) is 9.39. The zero-order chi connectivity index (χ0) is 25.5. The molecule has 1 aromatic heterocycles. The lowest BCUT2D eigenvalue weighted by Crippen LogP contribution is -2.33. The predicted molar refractivity (Wildman–Crippen MR) is 154 cm³/mol. The Balaban J connectivity index is 1.31. The third kappa shape index (κ3) is 5.39. The lowest BCUT2D eigenvalue weighted by atomic mass is 9.85. The van der Waals surface area contributed by atoms with Crippen LogP contribution in [0.4, 0.5) is 5.69 Å². The van der Waals surface area contributed by atoms with Gasteiger partial charge < -0.3 is 10.2 Å². The van der Waals surface area contributed by atoms with Gasteiger partial charge in [0, 0.05) is 40.1 Å². The van der Waals surface area contributed by atoms with Crippen LogP contribution in [0, 0.1) is 18.8 Å². The molecule has 1 N–H and O–H groups in total. The normalized spacial score (nSPS) is 22.5. The van der Waals surface area contributed by atoms with Gasteiger partial charge in [0.05, 0.1) is 16.8 Å². The third-order valence-electron chi connectivity index (χ3n) is 8.61. The number of anilines is 1. The van der Waals surface area contributed by atoms with Crippen molar-refractivity contribution in [2.24, 2.45) is 11.8 Å². The quantitative estimate of drug-likeness (QED) is 0.309. The highest BCUT2D eigenvalue weighted by molar-refractivity contribution is 6.36. The molecule has 37 heavy (non-hydrogen) atoms. The van der Waals surface area contributed by atoms with Crippen molar-refractivity contribution in [2.45, 2.75) is 64.3 Å². The van der Waals surface area contributed by atoms with Crippen LogP contribution in [0.3, 0.4) is 0 Å². The molecule has 0 radical (unpaired) electrons. The molecule has 1 saturated heterocycles. The molecule has 6 heteroatoms. The molecule has 194 valence electrons. The first-order valence-corrected chi connectivity index (χ1v) is 14.6. The van der Waals surface area contributed by atoms with E-state index < -0.39 is 0 Å². The zero-order valence-corrected chi connectivity index (χ0v) is 23.0. The van der Waals surface area contributed by atoms with Crippen molar-refractivity contribution >= 4 is 45.6 Å². The molecule has 3 aromatic rings. The van der Waals surface area contributed by atoms with Crippen LogP contribution in [-0.2, 0) is 0 Å². The Morgan fingerprint density at radius 3 is 2.35 bits per heavy atom. The molecule has 2 heterocycles. The van der Waals surface area contributed by atoms with Gasteiger partial charge in [-0.2, -0.15) is 0 Å². The molecule has 1 aliphatic heterocycles. The highest BCUT2D eigenvalue weighted by atomic mass is 35.5. The molecular weight excluding hydrogens is 501 g/mol. The van der Waals surface area contributed by atoms with Crippen molar-refractivity contribution < 1.29 is 4.79 Å². The number of hydrogen-bond donors (Lipinski definition) is 1. The maximum absolute atomic E-state index is 13.3. The molecule has 0 spiro atoms. The summed E-state index contributed by atoms with van der Waals surface area (Å²) in [5.41, 5.74) is 5.46. The van der Waals surface area contributed by atoms with E-state index in [2.05, 4.69) is 22.3 Å². The molecule has 0 unspecified atom stereocenters. The summed E-state index contributed by atoms with van der Waals surface area (Å²) in [6, 6.07) is 10.5. The minimum atomic E-state index is 0.147. The first-order valence-electron chi connectivity index (χ1n) is 13.9. The SMILES string of the molecule is Cc1c(Cl)cc(-c2ccc3ncc(C(=O)C4CC4)c(N[C@H]4CC[C@H](CN5CCCC5)CC4)c3c2)cc1Cl. The number of benzene rings is 2. The summed E-state index contributed by atoms with van der Waals surface area (Å²) in [4.78, 5) is 20.7. The Kier molecular flexibility index (Phi) is 7.17. The zero-order valence-electron chi connectivity index (χ0n) is 21.5. The molecular formula is C31H35Cl2N3O. The van der Waals surface area contributed by atoms with Crippen molar-refractivity contribution in [3.05, 3.63) is 57.7 Å². The minimum Gasteiger partial charge on any atom is -0.381 e. The number of hydrogen-bond acceptors (Lipinski definition) is 4. The number of rotatable bonds is 7. The van der Waals surface area contributed by atoms with Gasteiger partial charge in [-0.3, -0.25) is 9.78 Å². The Hall–Kier alpha value is -2.14. The number of aromatic nitrogens is 1. The number of nitrogens with one attached hydrogen (secondary N) is 1. The van der Waals surface area contributed by atoms with E-state index in [1.54, 1.807) is 6.20 Å².